The zero-order valence-corrected chi connectivity index (χ0v) is 15.6. The van der Waals surface area contributed by atoms with Crippen molar-refractivity contribution in [3.8, 4) is 0 Å². The zero-order valence-electron chi connectivity index (χ0n) is 15.6. The van der Waals surface area contributed by atoms with E-state index in [9.17, 15) is 9.90 Å². The number of carbonyl (C=O) groups excluding carboxylic acids is 1. The van der Waals surface area contributed by atoms with Gasteiger partial charge >= 0.3 is 5.97 Å². The Bertz CT molecular complexity index is 787. The normalized spacial score (nSPS) is 24.3. The van der Waals surface area contributed by atoms with Crippen molar-refractivity contribution in [2.24, 2.45) is 5.92 Å². The van der Waals surface area contributed by atoms with E-state index >= 15 is 0 Å². The fourth-order valence-electron chi connectivity index (χ4n) is 3.94. The highest BCUT2D eigenvalue weighted by atomic mass is 16.6. The third-order valence-corrected chi connectivity index (χ3v) is 5.11. The lowest BCUT2D eigenvalue weighted by Gasteiger charge is -2.38. The lowest BCUT2D eigenvalue weighted by atomic mass is 9.73. The van der Waals surface area contributed by atoms with E-state index in [1.165, 1.54) is 5.56 Å². The summed E-state index contributed by atoms with van der Waals surface area (Å²) in [6.45, 7) is 7.73. The first-order valence-electron chi connectivity index (χ1n) is 9.14. The van der Waals surface area contributed by atoms with Crippen molar-refractivity contribution in [1.82, 2.24) is 0 Å². The van der Waals surface area contributed by atoms with Crippen molar-refractivity contribution < 1.29 is 14.6 Å². The van der Waals surface area contributed by atoms with Crippen molar-refractivity contribution in [3.63, 3.8) is 0 Å². The SMILES string of the molecule is Cc1ccc(C2(O)CCCC(C(=O)OC(C)(C)C)C2)c2ccccc12. The number of aryl methyl sites for hydroxylation is 1. The Morgan fingerprint density at radius 1 is 1.16 bits per heavy atom. The molecule has 0 amide bonds. The van der Waals surface area contributed by atoms with E-state index < -0.39 is 11.2 Å². The van der Waals surface area contributed by atoms with Crippen molar-refractivity contribution in [1.29, 1.82) is 0 Å². The first-order valence-corrected chi connectivity index (χ1v) is 9.14. The third kappa shape index (κ3) is 3.72. The monoisotopic (exact) mass is 340 g/mol. The average molecular weight is 340 g/mol. The van der Waals surface area contributed by atoms with Crippen LogP contribution in [0.5, 0.6) is 0 Å². The topological polar surface area (TPSA) is 46.5 Å². The highest BCUT2D eigenvalue weighted by Crippen LogP contribution is 2.43. The smallest absolute Gasteiger partial charge is 0.309 e. The van der Waals surface area contributed by atoms with Gasteiger partial charge in [0.2, 0.25) is 0 Å². The molecule has 2 aromatic rings. The Hall–Kier alpha value is -1.87. The summed E-state index contributed by atoms with van der Waals surface area (Å²) in [6.07, 6.45) is 2.71. The molecule has 0 aliphatic heterocycles. The average Bonchev–Trinajstić information content (AvgIpc) is 2.54. The van der Waals surface area contributed by atoms with Crippen molar-refractivity contribution in [2.75, 3.05) is 0 Å². The third-order valence-electron chi connectivity index (χ3n) is 5.11. The largest absolute Gasteiger partial charge is 0.460 e. The predicted octanol–water partition coefficient (Wildman–Crippen LogP) is 4.87. The van der Waals surface area contributed by atoms with E-state index in [2.05, 4.69) is 25.1 Å². The van der Waals surface area contributed by atoms with Crippen LogP contribution >= 0.6 is 0 Å². The first-order chi connectivity index (χ1) is 11.7. The van der Waals surface area contributed by atoms with Gasteiger partial charge in [-0.25, -0.2) is 0 Å². The second kappa shape index (κ2) is 6.45. The minimum atomic E-state index is -0.979. The second-order valence-corrected chi connectivity index (χ2v) is 8.33. The molecule has 2 unspecified atom stereocenters. The van der Waals surface area contributed by atoms with E-state index in [0.717, 1.165) is 29.2 Å². The van der Waals surface area contributed by atoms with Gasteiger partial charge in [-0.05, 0) is 75.3 Å². The van der Waals surface area contributed by atoms with Crippen molar-refractivity contribution in [2.45, 2.75) is 64.6 Å². The molecule has 2 aromatic carbocycles. The van der Waals surface area contributed by atoms with Gasteiger partial charge in [0.1, 0.15) is 5.60 Å². The van der Waals surface area contributed by atoms with Crippen LogP contribution in [0.1, 0.15) is 57.6 Å². The molecule has 0 saturated heterocycles. The van der Waals surface area contributed by atoms with Crippen LogP contribution in [0.15, 0.2) is 36.4 Å². The lowest BCUT2D eigenvalue weighted by Crippen LogP contribution is -2.38. The van der Waals surface area contributed by atoms with Gasteiger partial charge in [0.15, 0.2) is 0 Å². The fraction of sp³-hybridized carbons (Fsp3) is 0.500. The van der Waals surface area contributed by atoms with Crippen molar-refractivity contribution in [3.05, 3.63) is 47.5 Å². The van der Waals surface area contributed by atoms with Crippen LogP contribution in [0.3, 0.4) is 0 Å². The molecule has 0 heterocycles. The van der Waals surface area contributed by atoms with Gasteiger partial charge in [-0.1, -0.05) is 36.4 Å². The maximum Gasteiger partial charge on any atom is 0.309 e. The number of hydrogen-bond acceptors (Lipinski definition) is 3. The zero-order chi connectivity index (χ0) is 18.2. The highest BCUT2D eigenvalue weighted by Gasteiger charge is 2.40. The van der Waals surface area contributed by atoms with E-state index in [4.69, 9.17) is 4.74 Å². The minimum Gasteiger partial charge on any atom is -0.460 e. The number of ether oxygens (including phenoxy) is 1. The van der Waals surface area contributed by atoms with Gasteiger partial charge < -0.3 is 9.84 Å². The minimum absolute atomic E-state index is 0.193. The maximum atomic E-state index is 12.5. The van der Waals surface area contributed by atoms with Gasteiger partial charge in [-0.2, -0.15) is 0 Å². The van der Waals surface area contributed by atoms with Crippen LogP contribution in [0, 0.1) is 12.8 Å². The molecule has 2 atom stereocenters. The Balaban J connectivity index is 1.94. The summed E-state index contributed by atoms with van der Waals surface area (Å²) in [7, 11) is 0. The summed E-state index contributed by atoms with van der Waals surface area (Å²) in [5, 5.41) is 13.7. The predicted molar refractivity (Wildman–Crippen MR) is 100 cm³/mol. The molecule has 1 N–H and O–H groups in total. The molecule has 1 aliphatic rings. The number of carbonyl (C=O) groups is 1. The molecule has 0 aromatic heterocycles. The molecule has 1 fully saturated rings. The van der Waals surface area contributed by atoms with Crippen LogP contribution in [0.2, 0.25) is 0 Å². The summed E-state index contributed by atoms with van der Waals surface area (Å²) >= 11 is 0. The molecule has 3 rings (SSSR count). The molecule has 1 saturated carbocycles. The standard InChI is InChI=1S/C22H28O3/c1-15-11-12-19(18-10-6-5-9-17(15)18)22(24)13-7-8-16(14-22)20(23)25-21(2,3)4/h5-6,9-12,16,24H,7-8,13-14H2,1-4H3. The molecule has 3 heteroatoms. The second-order valence-electron chi connectivity index (χ2n) is 8.33. The van der Waals surface area contributed by atoms with Crippen LogP contribution < -0.4 is 0 Å². The Labute approximate surface area is 150 Å². The molecule has 0 spiro atoms. The Morgan fingerprint density at radius 2 is 1.84 bits per heavy atom. The van der Waals surface area contributed by atoms with Gasteiger partial charge in [0.05, 0.1) is 11.5 Å². The van der Waals surface area contributed by atoms with Crippen LogP contribution in [-0.2, 0) is 15.1 Å². The molecule has 0 radical (unpaired) electrons. The molecule has 25 heavy (non-hydrogen) atoms. The molecule has 134 valence electrons. The van der Waals surface area contributed by atoms with Crippen LogP contribution in [-0.4, -0.2) is 16.7 Å². The van der Waals surface area contributed by atoms with E-state index in [1.54, 1.807) is 0 Å². The van der Waals surface area contributed by atoms with Gasteiger partial charge in [-0.15, -0.1) is 0 Å². The summed E-state index contributed by atoms with van der Waals surface area (Å²) in [6, 6.07) is 12.3. The Kier molecular flexibility index (Phi) is 4.63. The number of hydrogen-bond donors (Lipinski definition) is 1. The van der Waals surface area contributed by atoms with Crippen LogP contribution in [0.25, 0.3) is 10.8 Å². The Morgan fingerprint density at radius 3 is 2.52 bits per heavy atom. The summed E-state index contributed by atoms with van der Waals surface area (Å²) in [4.78, 5) is 12.5. The lowest BCUT2D eigenvalue weighted by molar-refractivity contribution is -0.165. The fourth-order valence-corrected chi connectivity index (χ4v) is 3.94. The molecule has 0 bridgehead atoms. The van der Waals surface area contributed by atoms with Crippen molar-refractivity contribution >= 4 is 16.7 Å². The molecule has 3 nitrogen and oxygen atoms in total. The van der Waals surface area contributed by atoms with Gasteiger partial charge in [0.25, 0.3) is 0 Å². The van der Waals surface area contributed by atoms with E-state index in [0.29, 0.717) is 12.8 Å². The maximum absolute atomic E-state index is 12.5. The molecular formula is C22H28O3. The number of benzene rings is 2. The van der Waals surface area contributed by atoms with Gasteiger partial charge in [-0.3, -0.25) is 4.79 Å². The van der Waals surface area contributed by atoms with Gasteiger partial charge in [0, 0.05) is 0 Å². The highest BCUT2D eigenvalue weighted by molar-refractivity contribution is 5.89. The molecule has 1 aliphatic carbocycles. The summed E-state index contributed by atoms with van der Waals surface area (Å²) in [5.41, 5.74) is 0.653. The summed E-state index contributed by atoms with van der Waals surface area (Å²) in [5.74, 6) is -0.444. The van der Waals surface area contributed by atoms with Crippen LogP contribution in [0.4, 0.5) is 0 Å². The number of fused-ring (bicyclic) bond motifs is 1. The molecular weight excluding hydrogens is 312 g/mol. The summed E-state index contributed by atoms with van der Waals surface area (Å²) < 4.78 is 5.56. The number of esters is 1. The number of rotatable bonds is 2. The first kappa shape index (κ1) is 17.9. The number of aliphatic hydroxyl groups is 1. The van der Waals surface area contributed by atoms with E-state index in [1.807, 2.05) is 39.0 Å². The van der Waals surface area contributed by atoms with E-state index in [-0.39, 0.29) is 11.9 Å². The quantitative estimate of drug-likeness (QED) is 0.794.